The third kappa shape index (κ3) is 3.94. The van der Waals surface area contributed by atoms with Gasteiger partial charge in [-0.2, -0.15) is 0 Å². The molecule has 10 heteroatoms. The molecule has 0 atom stereocenters. The third-order valence-corrected chi connectivity index (χ3v) is 2.86. The molecule has 0 unspecified atom stereocenters. The van der Waals surface area contributed by atoms with Gasteiger partial charge in [-0.3, -0.25) is 10.7 Å². The second-order valence-corrected chi connectivity index (χ2v) is 6.60. The average molecular weight is 366 g/mol. The Balaban J connectivity index is 2.38. The smallest absolute Gasteiger partial charge is 0.413 e. The van der Waals surface area contributed by atoms with Gasteiger partial charge in [-0.1, -0.05) is 46.9 Å². The molecule has 0 saturated carbocycles. The summed E-state index contributed by atoms with van der Waals surface area (Å²) >= 11 is 16.8. The summed E-state index contributed by atoms with van der Waals surface area (Å²) in [6, 6.07) is 6.60. The van der Waals surface area contributed by atoms with Crippen molar-refractivity contribution < 1.29 is 14.3 Å². The van der Waals surface area contributed by atoms with Crippen LogP contribution in [0.2, 0.25) is 0 Å². The molecule has 1 heterocycles. The number of hydrogen-bond acceptors (Lipinski definition) is 5. The van der Waals surface area contributed by atoms with Gasteiger partial charge in [0.15, 0.2) is 0 Å². The lowest BCUT2D eigenvalue weighted by atomic mass is 10.3. The zero-order valence-electron chi connectivity index (χ0n) is 11.3. The molecule has 2 rings (SSSR count). The number of fused-ring (bicyclic) bond motifs is 1. The zero-order valence-corrected chi connectivity index (χ0v) is 13.5. The number of aromatic nitrogens is 2. The number of carbonyl (C=O) groups excluding carboxylic acids is 1. The lowest BCUT2D eigenvalue weighted by Crippen LogP contribution is -2.24. The third-order valence-electron chi connectivity index (χ3n) is 2.54. The average Bonchev–Trinajstić information content (AvgIpc) is 2.81. The van der Waals surface area contributed by atoms with Crippen LogP contribution in [0.3, 0.4) is 0 Å². The quantitative estimate of drug-likeness (QED) is 0.485. The van der Waals surface area contributed by atoms with Crippen molar-refractivity contribution in [2.45, 2.75) is 3.79 Å². The minimum atomic E-state index is -1.67. The molecule has 0 aliphatic rings. The van der Waals surface area contributed by atoms with E-state index in [1.165, 1.54) is 11.7 Å². The number of alkyl halides is 3. The summed E-state index contributed by atoms with van der Waals surface area (Å²) in [6.45, 7) is -0.333. The van der Waals surface area contributed by atoms with Gasteiger partial charge in [0.05, 0.1) is 18.1 Å². The molecule has 1 aromatic carbocycles. The van der Waals surface area contributed by atoms with E-state index in [-0.39, 0.29) is 18.6 Å². The highest BCUT2D eigenvalue weighted by atomic mass is 35.6. The molecule has 0 spiro atoms. The van der Waals surface area contributed by atoms with Crippen LogP contribution in [0, 0.1) is 5.41 Å². The highest BCUT2D eigenvalue weighted by Gasteiger charge is 2.24. The number of hydrogen-bond donors (Lipinski definition) is 2. The number of carbonyl (C=O) groups is 1. The highest BCUT2D eigenvalue weighted by Crippen LogP contribution is 2.27. The summed E-state index contributed by atoms with van der Waals surface area (Å²) in [7, 11) is 1.22. The van der Waals surface area contributed by atoms with E-state index in [0.717, 1.165) is 0 Å². The van der Waals surface area contributed by atoms with Crippen molar-refractivity contribution in [3.8, 4) is 0 Å². The standard InChI is InChI=1S/C12H11Cl3N4O3/c1-21-11(20)18-10-17-7-4-2-3-5-8(7)19(10)9(16)22-6-12(13,14)15/h2-5,16H,6H2,1H3,(H,17,18,20). The van der Waals surface area contributed by atoms with E-state index in [4.69, 9.17) is 44.9 Å². The van der Waals surface area contributed by atoms with Crippen molar-refractivity contribution in [1.82, 2.24) is 9.55 Å². The summed E-state index contributed by atoms with van der Waals surface area (Å²) in [5.74, 6) is 0.0577. The summed E-state index contributed by atoms with van der Waals surface area (Å²) in [5.41, 5.74) is 1.10. The number of nitrogens with zero attached hydrogens (tertiary/aromatic N) is 2. The van der Waals surface area contributed by atoms with Crippen molar-refractivity contribution in [3.63, 3.8) is 0 Å². The zero-order chi connectivity index (χ0) is 16.3. The van der Waals surface area contributed by atoms with Crippen LogP contribution in [0.25, 0.3) is 11.0 Å². The molecular weight excluding hydrogens is 355 g/mol. The maximum absolute atomic E-state index is 11.4. The number of rotatable bonds is 2. The fourth-order valence-corrected chi connectivity index (χ4v) is 1.84. The Morgan fingerprint density at radius 3 is 2.73 bits per heavy atom. The van der Waals surface area contributed by atoms with Gasteiger partial charge in [0.2, 0.25) is 9.74 Å². The number of amides is 1. The molecule has 0 bridgehead atoms. The Bertz CT molecular complexity index is 711. The van der Waals surface area contributed by atoms with Crippen LogP contribution in [0.4, 0.5) is 10.7 Å². The maximum Gasteiger partial charge on any atom is 0.413 e. The van der Waals surface area contributed by atoms with E-state index < -0.39 is 9.89 Å². The van der Waals surface area contributed by atoms with Gasteiger partial charge < -0.3 is 9.47 Å². The second-order valence-electron chi connectivity index (χ2n) is 4.09. The topological polar surface area (TPSA) is 89.2 Å². The minimum absolute atomic E-state index is 0.0577. The Kier molecular flexibility index (Phi) is 5.00. The van der Waals surface area contributed by atoms with Crippen molar-refractivity contribution in [3.05, 3.63) is 24.3 Å². The number of halogens is 3. The Labute approximate surface area is 140 Å². The Hall–Kier alpha value is -1.70. The first-order valence-electron chi connectivity index (χ1n) is 5.93. The van der Waals surface area contributed by atoms with E-state index in [0.29, 0.717) is 11.0 Å². The van der Waals surface area contributed by atoms with Crippen LogP contribution in [-0.4, -0.2) is 39.2 Å². The highest BCUT2D eigenvalue weighted by molar-refractivity contribution is 6.67. The minimum Gasteiger partial charge on any atom is -0.460 e. The number of benzene rings is 1. The number of ether oxygens (including phenoxy) is 2. The van der Waals surface area contributed by atoms with Crippen molar-refractivity contribution in [2.24, 2.45) is 0 Å². The van der Waals surface area contributed by atoms with Crippen molar-refractivity contribution in [2.75, 3.05) is 19.0 Å². The van der Waals surface area contributed by atoms with Crippen molar-refractivity contribution >= 4 is 63.9 Å². The van der Waals surface area contributed by atoms with E-state index in [1.807, 2.05) is 0 Å². The molecule has 2 aromatic rings. The summed E-state index contributed by atoms with van der Waals surface area (Å²) in [4.78, 5) is 15.6. The molecule has 0 aliphatic heterocycles. The maximum atomic E-state index is 11.4. The first-order valence-corrected chi connectivity index (χ1v) is 7.06. The largest absolute Gasteiger partial charge is 0.460 e. The second kappa shape index (κ2) is 6.60. The van der Waals surface area contributed by atoms with Gasteiger partial charge in [-0.15, -0.1) is 0 Å². The molecule has 22 heavy (non-hydrogen) atoms. The summed E-state index contributed by atoms with van der Waals surface area (Å²) < 4.78 is 9.25. The van der Waals surface area contributed by atoms with E-state index in [2.05, 4.69) is 15.0 Å². The molecule has 0 aliphatic carbocycles. The van der Waals surface area contributed by atoms with Gasteiger partial charge in [-0.05, 0) is 12.1 Å². The molecule has 2 N–H and O–H groups in total. The number of anilines is 1. The normalized spacial score (nSPS) is 11.3. The Morgan fingerprint density at radius 1 is 1.41 bits per heavy atom. The van der Waals surface area contributed by atoms with Gasteiger partial charge in [0, 0.05) is 0 Å². The lowest BCUT2D eigenvalue weighted by molar-refractivity contribution is 0.186. The van der Waals surface area contributed by atoms with Crippen LogP contribution in [0.1, 0.15) is 0 Å². The van der Waals surface area contributed by atoms with Gasteiger partial charge in [-0.25, -0.2) is 14.3 Å². The van der Waals surface area contributed by atoms with E-state index in [9.17, 15) is 4.79 Å². The first kappa shape index (κ1) is 16.7. The molecule has 0 saturated heterocycles. The predicted molar refractivity (Wildman–Crippen MR) is 85.1 cm³/mol. The number of methoxy groups -OCH3 is 1. The molecule has 7 nitrogen and oxygen atoms in total. The van der Waals surface area contributed by atoms with Crippen LogP contribution in [0.5, 0.6) is 0 Å². The fraction of sp³-hybridized carbons (Fsp3) is 0.250. The van der Waals surface area contributed by atoms with E-state index >= 15 is 0 Å². The van der Waals surface area contributed by atoms with Gasteiger partial charge >= 0.3 is 6.09 Å². The Morgan fingerprint density at radius 2 is 2.09 bits per heavy atom. The number of nitrogens with one attached hydrogen (secondary N) is 2. The van der Waals surface area contributed by atoms with Gasteiger partial charge in [0.25, 0.3) is 6.02 Å². The molecule has 0 radical (unpaired) electrons. The molecular formula is C12H11Cl3N4O3. The van der Waals surface area contributed by atoms with Gasteiger partial charge in [0.1, 0.15) is 6.61 Å². The van der Waals surface area contributed by atoms with Crippen LogP contribution < -0.4 is 5.32 Å². The number of para-hydroxylation sites is 2. The SMILES string of the molecule is COC(=O)Nc1nc2ccccc2n1C(=N)OCC(Cl)(Cl)Cl. The number of imidazole rings is 1. The first-order chi connectivity index (χ1) is 10.3. The van der Waals surface area contributed by atoms with E-state index in [1.54, 1.807) is 24.3 Å². The fourth-order valence-electron chi connectivity index (χ4n) is 1.67. The van der Waals surface area contributed by atoms with Crippen LogP contribution in [0.15, 0.2) is 24.3 Å². The summed E-state index contributed by atoms with van der Waals surface area (Å²) in [6.07, 6.45) is -0.731. The predicted octanol–water partition coefficient (Wildman–Crippen LogP) is 3.38. The summed E-state index contributed by atoms with van der Waals surface area (Å²) in [5, 5.41) is 10.4. The van der Waals surface area contributed by atoms with Crippen LogP contribution in [-0.2, 0) is 9.47 Å². The molecule has 1 aromatic heterocycles. The monoisotopic (exact) mass is 364 g/mol. The molecule has 118 valence electrons. The van der Waals surface area contributed by atoms with Crippen LogP contribution >= 0.6 is 34.8 Å². The lowest BCUT2D eigenvalue weighted by Gasteiger charge is -2.15. The molecule has 1 amide bonds. The molecule has 0 fully saturated rings. The van der Waals surface area contributed by atoms with Crippen molar-refractivity contribution in [1.29, 1.82) is 5.41 Å².